The molecule has 6 heteroatoms. The molecule has 0 aromatic carbocycles. The van der Waals surface area contributed by atoms with Gasteiger partial charge in [0, 0.05) is 30.9 Å². The summed E-state index contributed by atoms with van der Waals surface area (Å²) in [6.07, 6.45) is 1.68. The van der Waals surface area contributed by atoms with E-state index in [2.05, 4.69) is 5.10 Å². The van der Waals surface area contributed by atoms with Gasteiger partial charge in [-0.15, -0.1) is 0 Å². The highest BCUT2D eigenvalue weighted by atomic mass is 16.4. The maximum absolute atomic E-state index is 12.7. The number of carboxylic acid groups (broad SMARTS) is 1. The lowest BCUT2D eigenvalue weighted by Gasteiger charge is -2.27. The number of likely N-dealkylation sites (tertiary alicyclic amines) is 1. The van der Waals surface area contributed by atoms with Gasteiger partial charge in [0.2, 0.25) is 5.91 Å². The fourth-order valence-electron chi connectivity index (χ4n) is 3.33. The number of carboxylic acids is 1. The molecule has 2 heterocycles. The number of hydrogen-bond donors (Lipinski definition) is 1. The van der Waals surface area contributed by atoms with Crippen molar-refractivity contribution >= 4 is 11.9 Å². The van der Waals surface area contributed by atoms with E-state index >= 15 is 0 Å². The molecule has 1 saturated heterocycles. The summed E-state index contributed by atoms with van der Waals surface area (Å²) < 4.78 is 1.78. The SMILES string of the molecule is Cc1nn(C)c(C)c1C(C)C(=O)N1CCCC1CC(=O)O. The molecule has 1 aromatic rings. The second-order valence-corrected chi connectivity index (χ2v) is 5.86. The summed E-state index contributed by atoms with van der Waals surface area (Å²) in [6.45, 7) is 6.40. The molecule has 0 bridgehead atoms. The van der Waals surface area contributed by atoms with Gasteiger partial charge in [0.1, 0.15) is 0 Å². The van der Waals surface area contributed by atoms with Gasteiger partial charge in [-0.25, -0.2) is 0 Å². The van der Waals surface area contributed by atoms with Gasteiger partial charge in [0.25, 0.3) is 0 Å². The molecule has 2 atom stereocenters. The standard InChI is InChI=1S/C15H23N3O3/c1-9(14-10(2)16-17(4)11(14)3)15(21)18-7-5-6-12(18)8-13(19)20/h9,12H,5-8H2,1-4H3,(H,19,20). The third-order valence-corrected chi connectivity index (χ3v) is 4.44. The molecule has 6 nitrogen and oxygen atoms in total. The van der Waals surface area contributed by atoms with E-state index in [0.717, 1.165) is 29.8 Å². The van der Waals surface area contributed by atoms with Crippen molar-refractivity contribution in [2.24, 2.45) is 7.05 Å². The number of nitrogens with zero attached hydrogens (tertiary/aromatic N) is 3. The summed E-state index contributed by atoms with van der Waals surface area (Å²) in [4.78, 5) is 25.4. The van der Waals surface area contributed by atoms with Gasteiger partial charge < -0.3 is 10.0 Å². The maximum atomic E-state index is 12.7. The van der Waals surface area contributed by atoms with Crippen LogP contribution in [-0.4, -0.2) is 44.3 Å². The topological polar surface area (TPSA) is 75.4 Å². The molecule has 1 aliphatic heterocycles. The molecular formula is C15H23N3O3. The average Bonchev–Trinajstić information content (AvgIpc) is 2.93. The first-order valence-corrected chi connectivity index (χ1v) is 7.35. The molecule has 0 radical (unpaired) electrons. The zero-order chi connectivity index (χ0) is 15.7. The van der Waals surface area contributed by atoms with Crippen molar-refractivity contribution in [3.05, 3.63) is 17.0 Å². The van der Waals surface area contributed by atoms with Crippen molar-refractivity contribution in [2.45, 2.75) is 52.0 Å². The van der Waals surface area contributed by atoms with Crippen LogP contribution in [-0.2, 0) is 16.6 Å². The highest BCUT2D eigenvalue weighted by molar-refractivity contribution is 5.85. The van der Waals surface area contributed by atoms with Gasteiger partial charge in [-0.2, -0.15) is 5.10 Å². The molecule has 1 fully saturated rings. The number of aromatic nitrogens is 2. The van der Waals surface area contributed by atoms with Crippen LogP contribution in [0.4, 0.5) is 0 Å². The minimum absolute atomic E-state index is 0.0120. The van der Waals surface area contributed by atoms with Gasteiger partial charge in [-0.1, -0.05) is 0 Å². The van der Waals surface area contributed by atoms with Crippen LogP contribution < -0.4 is 0 Å². The van der Waals surface area contributed by atoms with Crippen LogP contribution in [0.1, 0.15) is 49.1 Å². The van der Waals surface area contributed by atoms with Crippen molar-refractivity contribution in [1.82, 2.24) is 14.7 Å². The average molecular weight is 293 g/mol. The first kappa shape index (κ1) is 15.5. The molecule has 0 spiro atoms. The summed E-state index contributed by atoms with van der Waals surface area (Å²) >= 11 is 0. The largest absolute Gasteiger partial charge is 0.481 e. The van der Waals surface area contributed by atoms with Crippen molar-refractivity contribution < 1.29 is 14.7 Å². The fourth-order valence-corrected chi connectivity index (χ4v) is 3.33. The first-order chi connectivity index (χ1) is 9.82. The number of carbonyl (C=O) groups excluding carboxylic acids is 1. The monoisotopic (exact) mass is 293 g/mol. The molecule has 2 rings (SSSR count). The van der Waals surface area contributed by atoms with Crippen LogP contribution in [0.15, 0.2) is 0 Å². The second kappa shape index (κ2) is 5.87. The zero-order valence-corrected chi connectivity index (χ0v) is 13.1. The summed E-state index contributed by atoms with van der Waals surface area (Å²) in [6, 6.07) is -0.172. The van der Waals surface area contributed by atoms with E-state index in [9.17, 15) is 9.59 Å². The molecule has 2 unspecified atom stereocenters. The van der Waals surface area contributed by atoms with E-state index in [1.54, 1.807) is 9.58 Å². The summed E-state index contributed by atoms with van der Waals surface area (Å²) in [5.74, 6) is -1.12. The van der Waals surface area contributed by atoms with Crippen LogP contribution in [0, 0.1) is 13.8 Å². The van der Waals surface area contributed by atoms with Crippen molar-refractivity contribution in [1.29, 1.82) is 0 Å². The normalized spacial score (nSPS) is 19.8. The molecule has 21 heavy (non-hydrogen) atoms. The maximum Gasteiger partial charge on any atom is 0.305 e. The number of hydrogen-bond acceptors (Lipinski definition) is 3. The quantitative estimate of drug-likeness (QED) is 0.915. The highest BCUT2D eigenvalue weighted by Gasteiger charge is 2.34. The van der Waals surface area contributed by atoms with E-state index in [1.165, 1.54) is 0 Å². The van der Waals surface area contributed by atoms with E-state index in [4.69, 9.17) is 5.11 Å². The number of aryl methyl sites for hydroxylation is 2. The third-order valence-electron chi connectivity index (χ3n) is 4.44. The smallest absolute Gasteiger partial charge is 0.305 e. The Balaban J connectivity index is 2.20. The predicted octanol–water partition coefficient (Wildman–Crippen LogP) is 1.61. The number of amides is 1. The Morgan fingerprint density at radius 3 is 2.62 bits per heavy atom. The summed E-state index contributed by atoms with van der Waals surface area (Å²) in [7, 11) is 1.87. The number of carbonyl (C=O) groups is 2. The Labute approximate surface area is 124 Å². The molecule has 1 N–H and O–H groups in total. The highest BCUT2D eigenvalue weighted by Crippen LogP contribution is 2.29. The minimum atomic E-state index is -0.846. The number of rotatable bonds is 4. The van der Waals surface area contributed by atoms with E-state index < -0.39 is 5.97 Å². The second-order valence-electron chi connectivity index (χ2n) is 5.86. The van der Waals surface area contributed by atoms with Crippen molar-refractivity contribution in [3.63, 3.8) is 0 Å². The van der Waals surface area contributed by atoms with E-state index in [0.29, 0.717) is 6.54 Å². The summed E-state index contributed by atoms with van der Waals surface area (Å²) in [5, 5.41) is 13.3. The van der Waals surface area contributed by atoms with Gasteiger partial charge in [-0.3, -0.25) is 14.3 Å². The summed E-state index contributed by atoms with van der Waals surface area (Å²) in [5.41, 5.74) is 2.82. The Bertz CT molecular complexity index is 565. The van der Waals surface area contributed by atoms with Crippen LogP contribution >= 0.6 is 0 Å². The van der Waals surface area contributed by atoms with Crippen LogP contribution in [0.25, 0.3) is 0 Å². The van der Waals surface area contributed by atoms with Crippen molar-refractivity contribution in [3.8, 4) is 0 Å². The van der Waals surface area contributed by atoms with Gasteiger partial charge in [0.05, 0.1) is 18.0 Å². The Morgan fingerprint density at radius 2 is 2.10 bits per heavy atom. The lowest BCUT2D eigenvalue weighted by Crippen LogP contribution is -2.39. The van der Waals surface area contributed by atoms with Crippen molar-refractivity contribution in [2.75, 3.05) is 6.54 Å². The molecule has 0 aliphatic carbocycles. The molecule has 1 aliphatic rings. The first-order valence-electron chi connectivity index (χ1n) is 7.35. The minimum Gasteiger partial charge on any atom is -0.481 e. The molecule has 0 saturated carbocycles. The van der Waals surface area contributed by atoms with Crippen LogP contribution in [0.2, 0.25) is 0 Å². The van der Waals surface area contributed by atoms with Gasteiger partial charge in [0.15, 0.2) is 0 Å². The third kappa shape index (κ3) is 2.94. The lowest BCUT2D eigenvalue weighted by atomic mass is 9.97. The Morgan fingerprint density at radius 1 is 1.43 bits per heavy atom. The van der Waals surface area contributed by atoms with E-state index in [1.807, 2.05) is 27.8 Å². The van der Waals surface area contributed by atoms with Gasteiger partial charge in [-0.05, 0) is 33.6 Å². The Hall–Kier alpha value is -1.85. The molecular weight excluding hydrogens is 270 g/mol. The fraction of sp³-hybridized carbons (Fsp3) is 0.667. The number of aliphatic carboxylic acids is 1. The molecule has 116 valence electrons. The van der Waals surface area contributed by atoms with Crippen LogP contribution in [0.3, 0.4) is 0 Å². The van der Waals surface area contributed by atoms with Crippen LogP contribution in [0.5, 0.6) is 0 Å². The predicted molar refractivity (Wildman–Crippen MR) is 78.1 cm³/mol. The lowest BCUT2D eigenvalue weighted by molar-refractivity contribution is -0.140. The molecule has 1 aromatic heterocycles. The molecule has 1 amide bonds. The van der Waals surface area contributed by atoms with Gasteiger partial charge >= 0.3 is 5.97 Å². The Kier molecular flexibility index (Phi) is 4.34. The zero-order valence-electron chi connectivity index (χ0n) is 13.1. The van der Waals surface area contributed by atoms with E-state index in [-0.39, 0.29) is 24.3 Å².